The summed E-state index contributed by atoms with van der Waals surface area (Å²) in [6, 6.07) is 5.74. The van der Waals surface area contributed by atoms with Crippen LogP contribution in [0, 0.1) is 5.41 Å². The molecule has 4 nitrogen and oxygen atoms in total. The number of rotatable bonds is 4. The Balaban J connectivity index is 2.00. The van der Waals surface area contributed by atoms with Crippen molar-refractivity contribution in [2.24, 2.45) is 10.4 Å². The van der Waals surface area contributed by atoms with E-state index in [-0.39, 0.29) is 0 Å². The lowest BCUT2D eigenvalue weighted by atomic mass is 9.90. The van der Waals surface area contributed by atoms with Crippen LogP contribution in [0.1, 0.15) is 27.2 Å². The molecule has 21 heavy (non-hydrogen) atoms. The molecule has 1 unspecified atom stereocenters. The topological polar surface area (TPSA) is 42.8 Å². The largest absolute Gasteiger partial charge is 0.497 e. The molecule has 0 aromatic heterocycles. The predicted molar refractivity (Wildman–Crippen MR) is 90.9 cm³/mol. The molecule has 5 heteroatoms. The van der Waals surface area contributed by atoms with Crippen LogP contribution >= 0.6 is 11.8 Å². The highest BCUT2D eigenvalue weighted by molar-refractivity contribution is 8.15. The van der Waals surface area contributed by atoms with Crippen LogP contribution in [-0.4, -0.2) is 31.2 Å². The van der Waals surface area contributed by atoms with Gasteiger partial charge in [0.1, 0.15) is 11.5 Å². The molecule has 1 aliphatic heterocycles. The standard InChI is InChI=1S/C16H24N2O2S/c1-16(2,3)9-12-10-17-15(21-12)18-13-7-6-11(19-4)8-14(13)20-5/h6-8,12H,9-10H2,1-5H3,(H,17,18). The van der Waals surface area contributed by atoms with Gasteiger partial charge in [-0.05, 0) is 24.0 Å². The third-order valence-corrected chi connectivity index (χ3v) is 4.31. The molecule has 0 amide bonds. The average Bonchev–Trinajstić information content (AvgIpc) is 2.84. The first-order chi connectivity index (χ1) is 9.91. The molecule has 0 fully saturated rings. The van der Waals surface area contributed by atoms with E-state index in [0.717, 1.165) is 35.3 Å². The molecule has 0 bridgehead atoms. The minimum Gasteiger partial charge on any atom is -0.497 e. The third-order valence-electron chi connectivity index (χ3n) is 3.21. The van der Waals surface area contributed by atoms with Crippen molar-refractivity contribution in [2.45, 2.75) is 32.4 Å². The lowest BCUT2D eigenvalue weighted by Crippen LogP contribution is -2.16. The molecule has 0 aliphatic carbocycles. The summed E-state index contributed by atoms with van der Waals surface area (Å²) in [6.07, 6.45) is 1.16. The minimum absolute atomic E-state index is 0.334. The Morgan fingerprint density at radius 2 is 2.05 bits per heavy atom. The minimum atomic E-state index is 0.334. The van der Waals surface area contributed by atoms with Crippen LogP contribution in [0.5, 0.6) is 11.5 Å². The number of ether oxygens (including phenoxy) is 2. The van der Waals surface area contributed by atoms with E-state index in [9.17, 15) is 0 Å². The first-order valence-electron chi connectivity index (χ1n) is 7.11. The van der Waals surface area contributed by atoms with Crippen LogP contribution in [0.2, 0.25) is 0 Å². The van der Waals surface area contributed by atoms with Crippen molar-refractivity contribution >= 4 is 22.6 Å². The second-order valence-electron chi connectivity index (χ2n) is 6.34. The highest BCUT2D eigenvalue weighted by Gasteiger charge is 2.25. The third kappa shape index (κ3) is 4.56. The fourth-order valence-corrected chi connectivity index (χ4v) is 3.66. The van der Waals surface area contributed by atoms with Gasteiger partial charge in [0.25, 0.3) is 0 Å². The summed E-state index contributed by atoms with van der Waals surface area (Å²) >= 11 is 1.81. The van der Waals surface area contributed by atoms with Gasteiger partial charge < -0.3 is 14.8 Å². The van der Waals surface area contributed by atoms with E-state index in [1.807, 2.05) is 30.0 Å². The quantitative estimate of drug-likeness (QED) is 0.912. The number of nitrogens with zero attached hydrogens (tertiary/aromatic N) is 1. The fourth-order valence-electron chi connectivity index (χ4n) is 2.29. The van der Waals surface area contributed by atoms with E-state index in [1.54, 1.807) is 14.2 Å². The second-order valence-corrected chi connectivity index (χ2v) is 7.63. The molecule has 1 heterocycles. The SMILES string of the molecule is COc1ccc(NC2=NCC(CC(C)(C)C)S2)c(OC)c1. The lowest BCUT2D eigenvalue weighted by molar-refractivity contribution is 0.375. The zero-order valence-electron chi connectivity index (χ0n) is 13.4. The Morgan fingerprint density at radius 1 is 1.29 bits per heavy atom. The first kappa shape index (κ1) is 16.0. The van der Waals surface area contributed by atoms with Gasteiger partial charge in [-0.25, -0.2) is 0 Å². The van der Waals surface area contributed by atoms with Gasteiger partial charge in [-0.15, -0.1) is 0 Å². The summed E-state index contributed by atoms with van der Waals surface area (Å²) in [6.45, 7) is 7.69. The molecule has 1 N–H and O–H groups in total. The molecule has 0 spiro atoms. The van der Waals surface area contributed by atoms with Crippen molar-refractivity contribution in [2.75, 3.05) is 26.1 Å². The molecule has 0 saturated heterocycles. The number of nitrogens with one attached hydrogen (secondary N) is 1. The zero-order chi connectivity index (χ0) is 15.5. The van der Waals surface area contributed by atoms with Gasteiger partial charge in [0, 0.05) is 11.3 Å². The van der Waals surface area contributed by atoms with E-state index < -0.39 is 0 Å². The summed E-state index contributed by atoms with van der Waals surface area (Å²) in [7, 11) is 3.31. The molecule has 116 valence electrons. The summed E-state index contributed by atoms with van der Waals surface area (Å²) in [5.74, 6) is 1.54. The van der Waals surface area contributed by atoms with Crippen molar-refractivity contribution in [3.8, 4) is 11.5 Å². The Hall–Kier alpha value is -1.36. The van der Waals surface area contributed by atoms with E-state index in [0.29, 0.717) is 10.7 Å². The molecule has 1 aromatic carbocycles. The van der Waals surface area contributed by atoms with Crippen molar-refractivity contribution in [3.63, 3.8) is 0 Å². The zero-order valence-corrected chi connectivity index (χ0v) is 14.2. The van der Waals surface area contributed by atoms with Crippen LogP contribution in [-0.2, 0) is 0 Å². The Morgan fingerprint density at radius 3 is 2.67 bits per heavy atom. The van der Waals surface area contributed by atoms with Gasteiger partial charge in [0.15, 0.2) is 5.17 Å². The molecule has 0 saturated carbocycles. The number of anilines is 1. The molecule has 1 aromatic rings. The number of amidine groups is 1. The Bertz CT molecular complexity index is 523. The number of methoxy groups -OCH3 is 2. The summed E-state index contributed by atoms with van der Waals surface area (Å²) < 4.78 is 10.6. The number of benzene rings is 1. The molecule has 1 atom stereocenters. The highest BCUT2D eigenvalue weighted by Crippen LogP contribution is 2.34. The number of thioether (sulfide) groups is 1. The summed E-state index contributed by atoms with van der Waals surface area (Å²) in [5.41, 5.74) is 1.25. The number of hydrogen-bond donors (Lipinski definition) is 1. The van der Waals surface area contributed by atoms with E-state index in [2.05, 4.69) is 31.1 Å². The lowest BCUT2D eigenvalue weighted by Gasteiger charge is -2.21. The molecule has 0 radical (unpaired) electrons. The molecular formula is C16H24N2O2S. The van der Waals surface area contributed by atoms with Gasteiger partial charge in [-0.2, -0.15) is 0 Å². The van der Waals surface area contributed by atoms with Gasteiger partial charge in [-0.3, -0.25) is 4.99 Å². The predicted octanol–water partition coefficient (Wildman–Crippen LogP) is 4.02. The Kier molecular flexibility index (Phi) is 5.04. The monoisotopic (exact) mass is 308 g/mol. The van der Waals surface area contributed by atoms with Crippen LogP contribution in [0.3, 0.4) is 0 Å². The van der Waals surface area contributed by atoms with Gasteiger partial charge in [-0.1, -0.05) is 32.5 Å². The van der Waals surface area contributed by atoms with Crippen LogP contribution in [0.25, 0.3) is 0 Å². The highest BCUT2D eigenvalue weighted by atomic mass is 32.2. The normalized spacial score (nSPS) is 18.3. The van der Waals surface area contributed by atoms with E-state index in [4.69, 9.17) is 9.47 Å². The van der Waals surface area contributed by atoms with Crippen molar-refractivity contribution < 1.29 is 9.47 Å². The maximum atomic E-state index is 5.40. The van der Waals surface area contributed by atoms with Crippen LogP contribution in [0.4, 0.5) is 5.69 Å². The van der Waals surface area contributed by atoms with Gasteiger partial charge >= 0.3 is 0 Å². The number of aliphatic imine (C=N–C) groups is 1. The van der Waals surface area contributed by atoms with Gasteiger partial charge in [0.05, 0.1) is 26.5 Å². The average molecular weight is 308 g/mol. The molecular weight excluding hydrogens is 284 g/mol. The fraction of sp³-hybridized carbons (Fsp3) is 0.562. The van der Waals surface area contributed by atoms with Crippen molar-refractivity contribution in [1.82, 2.24) is 0 Å². The molecule has 2 rings (SSSR count). The number of hydrogen-bond acceptors (Lipinski definition) is 5. The van der Waals surface area contributed by atoms with E-state index in [1.165, 1.54) is 0 Å². The van der Waals surface area contributed by atoms with E-state index >= 15 is 0 Å². The van der Waals surface area contributed by atoms with Crippen LogP contribution in [0.15, 0.2) is 23.2 Å². The molecule has 1 aliphatic rings. The summed E-state index contributed by atoms with van der Waals surface area (Å²) in [4.78, 5) is 4.60. The van der Waals surface area contributed by atoms with Gasteiger partial charge in [0.2, 0.25) is 0 Å². The van der Waals surface area contributed by atoms with Crippen molar-refractivity contribution in [1.29, 1.82) is 0 Å². The maximum Gasteiger partial charge on any atom is 0.161 e. The van der Waals surface area contributed by atoms with Crippen molar-refractivity contribution in [3.05, 3.63) is 18.2 Å². The summed E-state index contributed by atoms with van der Waals surface area (Å²) in [5, 5.41) is 4.88. The Labute approximate surface area is 131 Å². The smallest absolute Gasteiger partial charge is 0.161 e. The maximum absolute atomic E-state index is 5.40. The second kappa shape index (κ2) is 6.60. The van der Waals surface area contributed by atoms with Crippen LogP contribution < -0.4 is 14.8 Å². The first-order valence-corrected chi connectivity index (χ1v) is 7.99.